The number of anilines is 1. The number of methoxy groups -OCH3 is 1. The Morgan fingerprint density at radius 3 is 2.46 bits per heavy atom. The van der Waals surface area contributed by atoms with Crippen molar-refractivity contribution in [3.8, 4) is 5.75 Å². The predicted octanol–water partition coefficient (Wildman–Crippen LogP) is 1.06. The molecule has 126 valence electrons. The fourth-order valence-electron chi connectivity index (χ4n) is 2.38. The number of ether oxygens (including phenoxy) is 1. The topological polar surface area (TPSA) is 98.0 Å². The van der Waals surface area contributed by atoms with E-state index in [1.165, 1.54) is 0 Å². The highest BCUT2D eigenvalue weighted by molar-refractivity contribution is 5.95. The van der Waals surface area contributed by atoms with Crippen LogP contribution in [0.25, 0.3) is 0 Å². The second-order valence-electron chi connectivity index (χ2n) is 5.46. The van der Waals surface area contributed by atoms with E-state index in [1.807, 2.05) is 36.5 Å². The minimum absolute atomic E-state index is 0.0872. The standard InChI is InChI=1S/C18H21N3O3/c1-12(15-5-3-4-6-16(15)24-2)20-11-17(22)21-14-9-7-13(8-10-14)18(19)23/h3-10,12,20H,11H2,1-2H3,(H2,19,23)(H,21,22)/p+1/t12-/m0/s1. The molecule has 24 heavy (non-hydrogen) atoms. The van der Waals surface area contributed by atoms with Crippen molar-refractivity contribution in [1.29, 1.82) is 0 Å². The Morgan fingerprint density at radius 2 is 1.83 bits per heavy atom. The summed E-state index contributed by atoms with van der Waals surface area (Å²) in [4.78, 5) is 23.1. The second kappa shape index (κ2) is 8.12. The quantitative estimate of drug-likeness (QED) is 0.709. The zero-order valence-corrected chi connectivity index (χ0v) is 13.8. The Labute approximate surface area is 141 Å². The van der Waals surface area contributed by atoms with E-state index < -0.39 is 5.91 Å². The van der Waals surface area contributed by atoms with Gasteiger partial charge in [0.15, 0.2) is 6.54 Å². The zero-order chi connectivity index (χ0) is 17.5. The zero-order valence-electron chi connectivity index (χ0n) is 13.8. The number of quaternary nitrogens is 1. The van der Waals surface area contributed by atoms with Crippen molar-refractivity contribution in [3.63, 3.8) is 0 Å². The molecule has 0 aromatic heterocycles. The van der Waals surface area contributed by atoms with Crippen LogP contribution in [-0.4, -0.2) is 25.5 Å². The maximum Gasteiger partial charge on any atom is 0.279 e. The molecule has 0 unspecified atom stereocenters. The summed E-state index contributed by atoms with van der Waals surface area (Å²) in [7, 11) is 1.63. The lowest BCUT2D eigenvalue weighted by atomic mass is 10.1. The Kier molecular flexibility index (Phi) is 5.92. The summed E-state index contributed by atoms with van der Waals surface area (Å²) in [6, 6.07) is 14.3. The number of hydrogen-bond acceptors (Lipinski definition) is 3. The number of primary amides is 1. The predicted molar refractivity (Wildman–Crippen MR) is 91.8 cm³/mol. The number of rotatable bonds is 7. The van der Waals surface area contributed by atoms with E-state index in [2.05, 4.69) is 5.32 Å². The summed E-state index contributed by atoms with van der Waals surface area (Å²) in [5, 5.41) is 4.73. The van der Waals surface area contributed by atoms with Crippen molar-refractivity contribution in [2.45, 2.75) is 13.0 Å². The number of benzene rings is 2. The number of nitrogens with two attached hydrogens (primary N) is 2. The van der Waals surface area contributed by atoms with Gasteiger partial charge >= 0.3 is 0 Å². The Morgan fingerprint density at radius 1 is 1.17 bits per heavy atom. The van der Waals surface area contributed by atoms with Crippen LogP contribution in [0.4, 0.5) is 5.69 Å². The fourth-order valence-corrected chi connectivity index (χ4v) is 2.38. The summed E-state index contributed by atoms with van der Waals surface area (Å²) in [5.74, 6) is 0.194. The first kappa shape index (κ1) is 17.5. The van der Waals surface area contributed by atoms with Gasteiger partial charge in [0.2, 0.25) is 5.91 Å². The first-order valence-corrected chi connectivity index (χ1v) is 7.67. The summed E-state index contributed by atoms with van der Waals surface area (Å²) < 4.78 is 5.34. The monoisotopic (exact) mass is 328 g/mol. The molecule has 2 aromatic rings. The van der Waals surface area contributed by atoms with Gasteiger partial charge in [-0.1, -0.05) is 12.1 Å². The first-order chi connectivity index (χ1) is 11.5. The third-order valence-corrected chi connectivity index (χ3v) is 3.74. The SMILES string of the molecule is COc1ccccc1[C@H](C)[NH2+]CC(=O)Nc1ccc(C(N)=O)cc1. The third-order valence-electron chi connectivity index (χ3n) is 3.74. The second-order valence-corrected chi connectivity index (χ2v) is 5.46. The average Bonchev–Trinajstić information content (AvgIpc) is 2.60. The van der Waals surface area contributed by atoms with E-state index >= 15 is 0 Å². The summed E-state index contributed by atoms with van der Waals surface area (Å²) in [6.07, 6.45) is 0. The van der Waals surface area contributed by atoms with Gasteiger partial charge in [0.1, 0.15) is 11.8 Å². The van der Waals surface area contributed by atoms with Gasteiger partial charge in [-0.25, -0.2) is 0 Å². The normalized spacial score (nSPS) is 11.6. The van der Waals surface area contributed by atoms with Crippen LogP contribution in [0.1, 0.15) is 28.9 Å². The van der Waals surface area contributed by atoms with Crippen molar-refractivity contribution in [2.24, 2.45) is 5.73 Å². The van der Waals surface area contributed by atoms with Crippen molar-refractivity contribution < 1.29 is 19.6 Å². The van der Waals surface area contributed by atoms with Gasteiger partial charge in [-0.05, 0) is 43.3 Å². The molecule has 0 aliphatic rings. The molecule has 2 amide bonds. The molecule has 0 bridgehead atoms. The van der Waals surface area contributed by atoms with E-state index in [4.69, 9.17) is 10.5 Å². The highest BCUT2D eigenvalue weighted by Crippen LogP contribution is 2.21. The molecule has 0 heterocycles. The van der Waals surface area contributed by atoms with Gasteiger partial charge < -0.3 is 21.1 Å². The molecule has 0 saturated heterocycles. The highest BCUT2D eigenvalue weighted by Gasteiger charge is 2.15. The van der Waals surface area contributed by atoms with Crippen LogP contribution in [-0.2, 0) is 4.79 Å². The molecular weight excluding hydrogens is 306 g/mol. The van der Waals surface area contributed by atoms with Crippen LogP contribution in [0.5, 0.6) is 5.75 Å². The van der Waals surface area contributed by atoms with E-state index in [1.54, 1.807) is 31.4 Å². The van der Waals surface area contributed by atoms with E-state index in [0.717, 1.165) is 11.3 Å². The van der Waals surface area contributed by atoms with Crippen LogP contribution >= 0.6 is 0 Å². The van der Waals surface area contributed by atoms with Crippen molar-refractivity contribution >= 4 is 17.5 Å². The van der Waals surface area contributed by atoms with Gasteiger partial charge in [0, 0.05) is 11.3 Å². The van der Waals surface area contributed by atoms with Crippen LogP contribution in [0.3, 0.4) is 0 Å². The number of hydrogen-bond donors (Lipinski definition) is 3. The van der Waals surface area contributed by atoms with Crippen LogP contribution in [0, 0.1) is 0 Å². The Hall–Kier alpha value is -2.86. The molecule has 2 aromatic carbocycles. The minimum Gasteiger partial charge on any atom is -0.496 e. The van der Waals surface area contributed by atoms with Crippen molar-refractivity contribution in [3.05, 3.63) is 59.7 Å². The molecule has 0 fully saturated rings. The lowest BCUT2D eigenvalue weighted by Crippen LogP contribution is -2.86. The molecule has 6 nitrogen and oxygen atoms in total. The fraction of sp³-hybridized carbons (Fsp3) is 0.222. The van der Waals surface area contributed by atoms with Crippen LogP contribution < -0.4 is 21.1 Å². The van der Waals surface area contributed by atoms with E-state index in [9.17, 15) is 9.59 Å². The van der Waals surface area contributed by atoms with Crippen LogP contribution in [0.15, 0.2) is 48.5 Å². The molecule has 0 aliphatic heterocycles. The molecule has 0 spiro atoms. The molecule has 6 heteroatoms. The molecule has 1 atom stereocenters. The van der Waals surface area contributed by atoms with E-state index in [-0.39, 0.29) is 18.5 Å². The molecule has 0 saturated carbocycles. The average molecular weight is 328 g/mol. The molecular formula is C18H22N3O3+. The summed E-state index contributed by atoms with van der Waals surface area (Å²) >= 11 is 0. The van der Waals surface area contributed by atoms with E-state index in [0.29, 0.717) is 11.3 Å². The van der Waals surface area contributed by atoms with Gasteiger partial charge in [-0.2, -0.15) is 0 Å². The van der Waals surface area contributed by atoms with Gasteiger partial charge in [-0.15, -0.1) is 0 Å². The molecule has 5 N–H and O–H groups in total. The maximum atomic E-state index is 12.1. The summed E-state index contributed by atoms with van der Waals surface area (Å²) in [6.45, 7) is 2.30. The number of para-hydroxylation sites is 1. The number of carbonyl (C=O) groups excluding carboxylic acids is 2. The van der Waals surface area contributed by atoms with Crippen LogP contribution in [0.2, 0.25) is 0 Å². The maximum absolute atomic E-state index is 12.1. The first-order valence-electron chi connectivity index (χ1n) is 7.67. The largest absolute Gasteiger partial charge is 0.496 e. The minimum atomic E-state index is -0.494. The van der Waals surface area contributed by atoms with Gasteiger partial charge in [0.25, 0.3) is 5.91 Å². The molecule has 0 radical (unpaired) electrons. The number of carbonyl (C=O) groups is 2. The third kappa shape index (κ3) is 4.57. The Balaban J connectivity index is 1.89. The number of amides is 2. The lowest BCUT2D eigenvalue weighted by Gasteiger charge is -2.14. The molecule has 2 rings (SSSR count). The summed E-state index contributed by atoms with van der Waals surface area (Å²) in [5.41, 5.74) is 7.26. The Bertz CT molecular complexity index is 714. The smallest absolute Gasteiger partial charge is 0.279 e. The number of nitrogens with one attached hydrogen (secondary N) is 1. The highest BCUT2D eigenvalue weighted by atomic mass is 16.5. The van der Waals surface area contributed by atoms with Crippen molar-refractivity contribution in [1.82, 2.24) is 0 Å². The molecule has 0 aliphatic carbocycles. The van der Waals surface area contributed by atoms with Gasteiger partial charge in [-0.3, -0.25) is 9.59 Å². The van der Waals surface area contributed by atoms with Gasteiger partial charge in [0.05, 0.1) is 12.7 Å². The van der Waals surface area contributed by atoms with Crippen molar-refractivity contribution in [2.75, 3.05) is 19.0 Å². The lowest BCUT2D eigenvalue weighted by molar-refractivity contribution is -0.682.